The van der Waals surface area contributed by atoms with Crippen LogP contribution in [0.5, 0.6) is 0 Å². The molecule has 0 aliphatic heterocycles. The minimum Gasteiger partial charge on any atom is -0.455 e. The second kappa shape index (κ2) is 3.44. The van der Waals surface area contributed by atoms with Crippen LogP contribution in [0.15, 0.2) is 34.7 Å². The van der Waals surface area contributed by atoms with Gasteiger partial charge in [0.1, 0.15) is 13.4 Å². The summed E-state index contributed by atoms with van der Waals surface area (Å²) < 4.78 is 5.73. The molecule has 0 atom stereocenters. The molecule has 0 aliphatic carbocycles. The van der Waals surface area contributed by atoms with E-state index in [2.05, 4.69) is 0 Å². The third-order valence-electron chi connectivity index (χ3n) is 2.65. The lowest BCUT2D eigenvalue weighted by atomic mass is 9.95. The highest BCUT2D eigenvalue weighted by atomic mass is 35.5. The van der Waals surface area contributed by atoms with Crippen LogP contribution in [-0.2, 0) is 0 Å². The molecule has 3 aromatic rings. The smallest absolute Gasteiger partial charge is 0.154 e. The van der Waals surface area contributed by atoms with Crippen molar-refractivity contribution < 1.29 is 4.42 Å². The Balaban J connectivity index is 2.55. The van der Waals surface area contributed by atoms with E-state index in [0.717, 1.165) is 21.8 Å². The SMILES string of the molecule is Bc1ccc2c(c1)oc1c(Cl)cc(Cl)cc12. The van der Waals surface area contributed by atoms with Crippen molar-refractivity contribution in [2.24, 2.45) is 0 Å². The summed E-state index contributed by atoms with van der Waals surface area (Å²) in [5.41, 5.74) is 2.71. The van der Waals surface area contributed by atoms with Crippen LogP contribution < -0.4 is 5.46 Å². The van der Waals surface area contributed by atoms with E-state index < -0.39 is 0 Å². The largest absolute Gasteiger partial charge is 0.455 e. The van der Waals surface area contributed by atoms with Gasteiger partial charge in [0, 0.05) is 15.8 Å². The zero-order valence-electron chi connectivity index (χ0n) is 8.55. The van der Waals surface area contributed by atoms with Crippen LogP contribution in [0.3, 0.4) is 0 Å². The average Bonchev–Trinajstić information content (AvgIpc) is 2.56. The second-order valence-electron chi connectivity index (χ2n) is 3.87. The van der Waals surface area contributed by atoms with E-state index in [1.165, 1.54) is 0 Å². The third-order valence-corrected chi connectivity index (χ3v) is 3.15. The molecule has 0 N–H and O–H groups in total. The summed E-state index contributed by atoms with van der Waals surface area (Å²) in [5, 5.41) is 3.19. The van der Waals surface area contributed by atoms with Gasteiger partial charge in [0.2, 0.25) is 0 Å². The molecule has 1 heterocycles. The lowest BCUT2D eigenvalue weighted by molar-refractivity contribution is 0.669. The molecule has 0 aliphatic rings. The van der Waals surface area contributed by atoms with Crippen LogP contribution in [0.2, 0.25) is 10.0 Å². The van der Waals surface area contributed by atoms with Crippen LogP contribution >= 0.6 is 23.2 Å². The van der Waals surface area contributed by atoms with Gasteiger partial charge in [0.25, 0.3) is 0 Å². The summed E-state index contributed by atoms with van der Waals surface area (Å²) in [6.07, 6.45) is 0. The fourth-order valence-corrected chi connectivity index (χ4v) is 2.44. The van der Waals surface area contributed by atoms with Gasteiger partial charge in [-0.25, -0.2) is 0 Å². The molecule has 2 aromatic carbocycles. The van der Waals surface area contributed by atoms with Gasteiger partial charge in [-0.3, -0.25) is 0 Å². The highest BCUT2D eigenvalue weighted by Crippen LogP contribution is 2.35. The third kappa shape index (κ3) is 1.41. The summed E-state index contributed by atoms with van der Waals surface area (Å²) in [5.74, 6) is 0. The van der Waals surface area contributed by atoms with Gasteiger partial charge in [0.15, 0.2) is 5.58 Å². The van der Waals surface area contributed by atoms with E-state index in [9.17, 15) is 0 Å². The molecule has 0 fully saturated rings. The molecule has 1 nitrogen and oxygen atoms in total. The van der Waals surface area contributed by atoms with Gasteiger partial charge < -0.3 is 4.42 Å². The highest BCUT2D eigenvalue weighted by Gasteiger charge is 2.10. The van der Waals surface area contributed by atoms with Crippen molar-refractivity contribution in [3.05, 3.63) is 40.4 Å². The average molecular weight is 249 g/mol. The summed E-state index contributed by atoms with van der Waals surface area (Å²) in [7, 11) is 2.03. The van der Waals surface area contributed by atoms with E-state index >= 15 is 0 Å². The second-order valence-corrected chi connectivity index (χ2v) is 4.71. The standard InChI is InChI=1S/C12H7BCl2O/c13-6-1-2-8-9-4-7(14)5-10(15)12(9)16-11(8)3-6/h1-5H,13H2. The van der Waals surface area contributed by atoms with E-state index in [4.69, 9.17) is 27.6 Å². The van der Waals surface area contributed by atoms with Gasteiger partial charge in [-0.05, 0) is 18.2 Å². The van der Waals surface area contributed by atoms with Crippen molar-refractivity contribution in [2.45, 2.75) is 0 Å². The quantitative estimate of drug-likeness (QED) is 0.557. The highest BCUT2D eigenvalue weighted by molar-refractivity contribution is 6.39. The first-order valence-corrected chi connectivity index (χ1v) is 5.68. The summed E-state index contributed by atoms with van der Waals surface area (Å²) >= 11 is 12.1. The Morgan fingerprint density at radius 3 is 2.62 bits per heavy atom. The molecule has 0 bridgehead atoms. The molecule has 1 aromatic heterocycles. The van der Waals surface area contributed by atoms with Crippen molar-refractivity contribution in [2.75, 3.05) is 0 Å². The maximum atomic E-state index is 6.10. The molecule has 0 unspecified atom stereocenters. The number of hydrogen-bond acceptors (Lipinski definition) is 1. The normalized spacial score (nSPS) is 11.4. The number of rotatable bonds is 0. The number of furan rings is 1. The van der Waals surface area contributed by atoms with Gasteiger partial charge >= 0.3 is 0 Å². The Morgan fingerprint density at radius 1 is 1.00 bits per heavy atom. The molecule has 0 saturated carbocycles. The predicted molar refractivity (Wildman–Crippen MR) is 71.9 cm³/mol. The minimum absolute atomic E-state index is 0.552. The van der Waals surface area contributed by atoms with Crippen molar-refractivity contribution in [1.82, 2.24) is 0 Å². The van der Waals surface area contributed by atoms with Gasteiger partial charge in [-0.15, -0.1) is 0 Å². The van der Waals surface area contributed by atoms with E-state index in [1.54, 1.807) is 6.07 Å². The topological polar surface area (TPSA) is 13.1 Å². The molecule has 0 saturated heterocycles. The molecular weight excluding hydrogens is 242 g/mol. The van der Waals surface area contributed by atoms with Crippen molar-refractivity contribution >= 4 is 58.4 Å². The lowest BCUT2D eigenvalue weighted by Gasteiger charge is -1.94. The first-order chi connectivity index (χ1) is 7.65. The monoisotopic (exact) mass is 248 g/mol. The fraction of sp³-hybridized carbons (Fsp3) is 0. The number of halogens is 2. The Morgan fingerprint density at radius 2 is 1.81 bits per heavy atom. The molecule has 4 heteroatoms. The van der Waals surface area contributed by atoms with Crippen LogP contribution in [-0.4, -0.2) is 7.85 Å². The Bertz CT molecular complexity index is 703. The molecule has 0 amide bonds. The van der Waals surface area contributed by atoms with Crippen molar-refractivity contribution in [3.63, 3.8) is 0 Å². The Labute approximate surface area is 103 Å². The molecule has 0 spiro atoms. The zero-order valence-corrected chi connectivity index (χ0v) is 10.1. The minimum atomic E-state index is 0.552. The van der Waals surface area contributed by atoms with Crippen molar-refractivity contribution in [3.8, 4) is 0 Å². The Kier molecular flexibility index (Phi) is 2.16. The molecule has 16 heavy (non-hydrogen) atoms. The number of hydrogen-bond donors (Lipinski definition) is 0. The van der Waals surface area contributed by atoms with Crippen LogP contribution in [0.25, 0.3) is 21.9 Å². The van der Waals surface area contributed by atoms with Crippen molar-refractivity contribution in [1.29, 1.82) is 0 Å². The first kappa shape index (κ1) is 10.1. The van der Waals surface area contributed by atoms with Crippen LogP contribution in [0, 0.1) is 0 Å². The number of benzene rings is 2. The number of fused-ring (bicyclic) bond motifs is 3. The van der Waals surface area contributed by atoms with E-state index in [-0.39, 0.29) is 0 Å². The van der Waals surface area contributed by atoms with E-state index in [1.807, 2.05) is 32.1 Å². The summed E-state index contributed by atoms with van der Waals surface area (Å²) in [4.78, 5) is 0. The molecular formula is C12H7BCl2O. The van der Waals surface area contributed by atoms with Crippen LogP contribution in [0.1, 0.15) is 0 Å². The molecule has 0 radical (unpaired) electrons. The lowest BCUT2D eigenvalue weighted by Crippen LogP contribution is -1.98. The Hall–Kier alpha value is -1.12. The maximum absolute atomic E-state index is 6.10. The maximum Gasteiger partial charge on any atom is 0.154 e. The molecule has 3 rings (SSSR count). The predicted octanol–water partition coefficient (Wildman–Crippen LogP) is 3.15. The first-order valence-electron chi connectivity index (χ1n) is 4.93. The summed E-state index contributed by atoms with van der Waals surface area (Å²) in [6, 6.07) is 9.65. The van der Waals surface area contributed by atoms with Crippen LogP contribution in [0.4, 0.5) is 0 Å². The van der Waals surface area contributed by atoms with Gasteiger partial charge in [-0.2, -0.15) is 0 Å². The van der Waals surface area contributed by atoms with E-state index in [0.29, 0.717) is 15.6 Å². The fourth-order valence-electron chi connectivity index (χ4n) is 1.91. The summed E-state index contributed by atoms with van der Waals surface area (Å²) in [6.45, 7) is 0. The zero-order chi connectivity index (χ0) is 11.3. The van der Waals surface area contributed by atoms with Gasteiger partial charge in [0.05, 0.1) is 5.02 Å². The van der Waals surface area contributed by atoms with Gasteiger partial charge in [-0.1, -0.05) is 40.8 Å². The molecule has 78 valence electrons.